The highest BCUT2D eigenvalue weighted by atomic mass is 35.5. The highest BCUT2D eigenvalue weighted by Gasteiger charge is 2.33. The zero-order valence-corrected chi connectivity index (χ0v) is 13.2. The first-order chi connectivity index (χ1) is 11.6. The van der Waals surface area contributed by atoms with Crippen molar-refractivity contribution in [2.45, 2.75) is 13.1 Å². The lowest BCUT2D eigenvalue weighted by Gasteiger charge is -2.11. The molecule has 0 aliphatic rings. The Labute approximate surface area is 144 Å². The van der Waals surface area contributed by atoms with E-state index in [1.165, 1.54) is 13.0 Å². The van der Waals surface area contributed by atoms with E-state index in [2.05, 4.69) is 10.5 Å². The van der Waals surface area contributed by atoms with Crippen LogP contribution in [-0.2, 0) is 11.0 Å². The van der Waals surface area contributed by atoms with Crippen LogP contribution in [0, 0.1) is 18.3 Å². The smallest absolute Gasteiger partial charge is 0.417 e. The topological polar surface area (TPSA) is 99.2 Å². The van der Waals surface area contributed by atoms with Gasteiger partial charge >= 0.3 is 6.18 Å². The number of halogens is 4. The molecule has 0 saturated carbocycles. The molecule has 10 heteroatoms. The van der Waals surface area contributed by atoms with E-state index in [0.29, 0.717) is 6.07 Å². The Hall–Kier alpha value is -2.99. The number of aliphatic hydroxyl groups is 1. The Bertz CT molecular complexity index is 897. The van der Waals surface area contributed by atoms with Gasteiger partial charge in [0, 0.05) is 5.69 Å². The van der Waals surface area contributed by atoms with E-state index in [9.17, 15) is 23.1 Å². The van der Waals surface area contributed by atoms with Gasteiger partial charge in [-0.05, 0) is 25.1 Å². The summed E-state index contributed by atoms with van der Waals surface area (Å²) in [5.74, 6) is -1.52. The summed E-state index contributed by atoms with van der Waals surface area (Å²) >= 11 is 5.56. The summed E-state index contributed by atoms with van der Waals surface area (Å²) in [7, 11) is 0. The molecular weight excluding hydrogens is 363 g/mol. The standard InChI is InChI=1S/C15H9ClF3N3O3/c1-7-10(6-21-25-7)13(23)9(5-20)14(24)22-8-2-3-11(12(16)4-8)15(17,18)19/h2-4,6,23H,1H3,(H,22,24). The molecule has 1 aromatic heterocycles. The van der Waals surface area contributed by atoms with Gasteiger partial charge in [0.2, 0.25) is 0 Å². The van der Waals surface area contributed by atoms with Gasteiger partial charge in [0.05, 0.1) is 22.3 Å². The molecule has 0 aliphatic carbocycles. The lowest BCUT2D eigenvalue weighted by atomic mass is 10.1. The zero-order chi connectivity index (χ0) is 18.8. The number of rotatable bonds is 3. The Morgan fingerprint density at radius 2 is 2.12 bits per heavy atom. The summed E-state index contributed by atoms with van der Waals surface area (Å²) in [6.45, 7) is 1.46. The third-order valence-electron chi connectivity index (χ3n) is 3.11. The summed E-state index contributed by atoms with van der Waals surface area (Å²) < 4.78 is 42.7. The molecule has 0 fully saturated rings. The largest absolute Gasteiger partial charge is 0.506 e. The number of aromatic nitrogens is 1. The molecule has 0 aliphatic heterocycles. The van der Waals surface area contributed by atoms with Crippen LogP contribution in [0.25, 0.3) is 5.76 Å². The first-order valence-corrected chi connectivity index (χ1v) is 6.96. The van der Waals surface area contributed by atoms with Crippen LogP contribution in [0.15, 0.2) is 34.5 Å². The number of nitrogens with zero attached hydrogens (tertiary/aromatic N) is 2. The number of carbonyl (C=O) groups is 1. The molecule has 1 aromatic carbocycles. The second kappa shape index (κ2) is 6.86. The minimum absolute atomic E-state index is 0.0390. The fourth-order valence-corrected chi connectivity index (χ4v) is 2.18. The van der Waals surface area contributed by atoms with E-state index in [4.69, 9.17) is 21.4 Å². The molecule has 25 heavy (non-hydrogen) atoms. The normalized spacial score (nSPS) is 12.3. The Kier molecular flexibility index (Phi) is 5.04. The predicted molar refractivity (Wildman–Crippen MR) is 81.5 cm³/mol. The number of nitriles is 1. The number of hydrogen-bond acceptors (Lipinski definition) is 5. The molecule has 6 nitrogen and oxygen atoms in total. The summed E-state index contributed by atoms with van der Waals surface area (Å²) in [6, 6.07) is 4.08. The van der Waals surface area contributed by atoms with Crippen LogP contribution in [0.5, 0.6) is 0 Å². The minimum Gasteiger partial charge on any atom is -0.506 e. The van der Waals surface area contributed by atoms with Crippen LogP contribution in [0.1, 0.15) is 16.9 Å². The minimum atomic E-state index is -4.64. The van der Waals surface area contributed by atoms with Gasteiger partial charge in [-0.1, -0.05) is 16.8 Å². The molecule has 1 amide bonds. The lowest BCUT2D eigenvalue weighted by molar-refractivity contribution is -0.137. The molecule has 0 radical (unpaired) electrons. The number of aliphatic hydroxyl groups excluding tert-OH is 1. The van der Waals surface area contributed by atoms with Crippen molar-refractivity contribution in [3.8, 4) is 6.07 Å². The van der Waals surface area contributed by atoms with Gasteiger partial charge in [-0.15, -0.1) is 0 Å². The Morgan fingerprint density at radius 3 is 2.60 bits per heavy atom. The molecule has 0 spiro atoms. The lowest BCUT2D eigenvalue weighted by Crippen LogP contribution is -2.15. The van der Waals surface area contributed by atoms with Crippen LogP contribution in [0.2, 0.25) is 5.02 Å². The van der Waals surface area contributed by atoms with Gasteiger partial charge in [0.15, 0.2) is 11.3 Å². The van der Waals surface area contributed by atoms with E-state index >= 15 is 0 Å². The molecule has 0 atom stereocenters. The number of carbonyl (C=O) groups excluding carboxylic acids is 1. The Balaban J connectivity index is 2.31. The van der Waals surface area contributed by atoms with Crippen LogP contribution in [0.4, 0.5) is 18.9 Å². The first-order valence-electron chi connectivity index (χ1n) is 6.58. The monoisotopic (exact) mass is 371 g/mol. The number of anilines is 1. The fraction of sp³-hybridized carbons (Fsp3) is 0.133. The average molecular weight is 372 g/mol. The van der Waals surface area contributed by atoms with Gasteiger partial charge in [0.1, 0.15) is 11.8 Å². The Morgan fingerprint density at radius 1 is 1.44 bits per heavy atom. The summed E-state index contributed by atoms with van der Waals surface area (Å²) in [5.41, 5.74) is -1.77. The van der Waals surface area contributed by atoms with E-state index in [1.54, 1.807) is 0 Å². The van der Waals surface area contributed by atoms with Gasteiger partial charge < -0.3 is 14.9 Å². The van der Waals surface area contributed by atoms with E-state index in [-0.39, 0.29) is 17.0 Å². The number of nitrogens with one attached hydrogen (secondary N) is 1. The number of benzene rings is 1. The van der Waals surface area contributed by atoms with Crippen molar-refractivity contribution in [2.24, 2.45) is 0 Å². The molecule has 2 rings (SSSR count). The van der Waals surface area contributed by atoms with Gasteiger partial charge in [-0.3, -0.25) is 4.79 Å². The molecule has 1 heterocycles. The number of amides is 1. The second-order valence-electron chi connectivity index (χ2n) is 4.78. The van der Waals surface area contributed by atoms with Crippen molar-refractivity contribution in [3.63, 3.8) is 0 Å². The van der Waals surface area contributed by atoms with Crippen molar-refractivity contribution < 1.29 is 27.6 Å². The fourth-order valence-electron chi connectivity index (χ4n) is 1.89. The third-order valence-corrected chi connectivity index (χ3v) is 3.43. The maximum absolute atomic E-state index is 12.7. The van der Waals surface area contributed by atoms with Crippen LogP contribution in [0.3, 0.4) is 0 Å². The van der Waals surface area contributed by atoms with Gasteiger partial charge in [-0.25, -0.2) is 0 Å². The predicted octanol–water partition coefficient (Wildman–Crippen LogP) is 4.09. The molecule has 130 valence electrons. The van der Waals surface area contributed by atoms with Crippen molar-refractivity contribution in [1.29, 1.82) is 5.26 Å². The number of hydrogen-bond donors (Lipinski definition) is 2. The van der Waals surface area contributed by atoms with Crippen molar-refractivity contribution in [2.75, 3.05) is 5.32 Å². The summed E-state index contributed by atoms with van der Waals surface area (Å²) in [5, 5.41) is 24.1. The highest BCUT2D eigenvalue weighted by molar-refractivity contribution is 6.31. The molecular formula is C15H9ClF3N3O3. The summed E-state index contributed by atoms with van der Waals surface area (Å²) in [6.07, 6.45) is -3.52. The SMILES string of the molecule is Cc1oncc1C(O)=C(C#N)C(=O)Nc1ccc(C(F)(F)F)c(Cl)c1. The number of aryl methyl sites for hydroxylation is 1. The quantitative estimate of drug-likeness (QED) is 0.481. The maximum atomic E-state index is 12.7. The van der Waals surface area contributed by atoms with Gasteiger partial charge in [0.25, 0.3) is 5.91 Å². The summed E-state index contributed by atoms with van der Waals surface area (Å²) in [4.78, 5) is 12.1. The number of alkyl halides is 3. The van der Waals surface area contributed by atoms with E-state index in [0.717, 1.165) is 18.3 Å². The van der Waals surface area contributed by atoms with Crippen LogP contribution >= 0.6 is 11.6 Å². The third kappa shape index (κ3) is 3.92. The van der Waals surface area contributed by atoms with Crippen molar-refractivity contribution in [3.05, 3.63) is 51.9 Å². The highest BCUT2D eigenvalue weighted by Crippen LogP contribution is 2.36. The maximum Gasteiger partial charge on any atom is 0.417 e. The average Bonchev–Trinajstić information content (AvgIpc) is 2.92. The first kappa shape index (κ1) is 18.4. The molecule has 0 unspecified atom stereocenters. The van der Waals surface area contributed by atoms with Crippen molar-refractivity contribution in [1.82, 2.24) is 5.16 Å². The molecule has 2 aromatic rings. The molecule has 0 saturated heterocycles. The van der Waals surface area contributed by atoms with E-state index in [1.807, 2.05) is 0 Å². The molecule has 2 N–H and O–H groups in total. The van der Waals surface area contributed by atoms with Gasteiger partial charge in [-0.2, -0.15) is 18.4 Å². The zero-order valence-electron chi connectivity index (χ0n) is 12.5. The van der Waals surface area contributed by atoms with Crippen LogP contribution < -0.4 is 5.32 Å². The molecule has 0 bridgehead atoms. The van der Waals surface area contributed by atoms with Crippen LogP contribution in [-0.4, -0.2) is 16.2 Å². The second-order valence-corrected chi connectivity index (χ2v) is 5.18. The van der Waals surface area contributed by atoms with Crippen molar-refractivity contribution >= 4 is 29.0 Å². The van der Waals surface area contributed by atoms with E-state index < -0.39 is 34.0 Å².